The number of hydrogen-bond donors (Lipinski definition) is 1. The van der Waals surface area contributed by atoms with Crippen LogP contribution >= 0.6 is 34.7 Å². The highest BCUT2D eigenvalue weighted by atomic mass is 35.5. The summed E-state index contributed by atoms with van der Waals surface area (Å²) >= 11 is 9.68. The summed E-state index contributed by atoms with van der Waals surface area (Å²) in [5.41, 5.74) is 2.49. The van der Waals surface area contributed by atoms with Crippen molar-refractivity contribution in [1.29, 1.82) is 0 Å². The molecule has 1 unspecified atom stereocenters. The van der Waals surface area contributed by atoms with Gasteiger partial charge >= 0.3 is 0 Å². The van der Waals surface area contributed by atoms with Crippen LogP contribution in [0.4, 0.5) is 0 Å². The molecular formula is C15H18ClNS2. The lowest BCUT2D eigenvalue weighted by Gasteiger charge is -2.19. The van der Waals surface area contributed by atoms with Gasteiger partial charge in [0.1, 0.15) is 0 Å². The van der Waals surface area contributed by atoms with Gasteiger partial charge in [0.05, 0.1) is 10.4 Å². The summed E-state index contributed by atoms with van der Waals surface area (Å²) < 4.78 is 0.888. The molecule has 0 saturated carbocycles. The highest BCUT2D eigenvalue weighted by molar-refractivity contribution is 7.98. The smallest absolute Gasteiger partial charge is 0.0961 e. The van der Waals surface area contributed by atoms with Crippen LogP contribution in [0.5, 0.6) is 0 Å². The van der Waals surface area contributed by atoms with E-state index in [0.29, 0.717) is 0 Å². The Morgan fingerprint density at radius 3 is 2.68 bits per heavy atom. The third kappa shape index (κ3) is 3.34. The van der Waals surface area contributed by atoms with Gasteiger partial charge in [-0.3, -0.25) is 0 Å². The minimum Gasteiger partial charge on any atom is -0.306 e. The topological polar surface area (TPSA) is 12.0 Å². The van der Waals surface area contributed by atoms with Crippen molar-refractivity contribution in [3.05, 3.63) is 50.7 Å². The highest BCUT2D eigenvalue weighted by Gasteiger charge is 2.19. The Labute approximate surface area is 128 Å². The number of aryl methyl sites for hydroxylation is 1. The molecule has 0 saturated heterocycles. The molecule has 0 radical (unpaired) electrons. The van der Waals surface area contributed by atoms with E-state index in [1.165, 1.54) is 15.3 Å². The molecule has 19 heavy (non-hydrogen) atoms. The lowest BCUT2D eigenvalue weighted by atomic mass is 10.0. The SMILES string of the molecule is CCNC(c1cc(C)c(Cl)s1)c1ccccc1SC. The van der Waals surface area contributed by atoms with Crippen LogP contribution in [0, 0.1) is 6.92 Å². The summed E-state index contributed by atoms with van der Waals surface area (Å²) in [6.07, 6.45) is 2.12. The molecule has 1 heterocycles. The second kappa shape index (κ2) is 6.80. The Bertz CT molecular complexity index is 531. The molecule has 0 aliphatic carbocycles. The molecule has 1 atom stereocenters. The van der Waals surface area contributed by atoms with Gasteiger partial charge in [0.15, 0.2) is 0 Å². The van der Waals surface area contributed by atoms with Crippen LogP contribution < -0.4 is 5.32 Å². The lowest BCUT2D eigenvalue weighted by molar-refractivity contribution is 0.631. The van der Waals surface area contributed by atoms with Crippen LogP contribution in [-0.4, -0.2) is 12.8 Å². The fourth-order valence-electron chi connectivity index (χ4n) is 2.10. The number of nitrogens with one attached hydrogen (secondary N) is 1. The Balaban J connectivity index is 2.44. The number of hydrogen-bond acceptors (Lipinski definition) is 3. The van der Waals surface area contributed by atoms with E-state index in [0.717, 1.165) is 16.4 Å². The van der Waals surface area contributed by atoms with Crippen molar-refractivity contribution < 1.29 is 0 Å². The Hall–Kier alpha value is -0.480. The summed E-state index contributed by atoms with van der Waals surface area (Å²) in [7, 11) is 0. The van der Waals surface area contributed by atoms with Gasteiger partial charge in [0.2, 0.25) is 0 Å². The van der Waals surface area contributed by atoms with Gasteiger partial charge in [-0.25, -0.2) is 0 Å². The van der Waals surface area contributed by atoms with E-state index in [4.69, 9.17) is 11.6 Å². The third-order valence-electron chi connectivity index (χ3n) is 3.02. The van der Waals surface area contributed by atoms with Crippen molar-refractivity contribution in [2.75, 3.05) is 12.8 Å². The molecule has 102 valence electrons. The molecule has 1 N–H and O–H groups in total. The maximum Gasteiger partial charge on any atom is 0.0961 e. The monoisotopic (exact) mass is 311 g/mol. The molecule has 1 aromatic carbocycles. The Morgan fingerprint density at radius 2 is 2.11 bits per heavy atom. The van der Waals surface area contributed by atoms with E-state index < -0.39 is 0 Å². The van der Waals surface area contributed by atoms with Crippen molar-refractivity contribution in [3.8, 4) is 0 Å². The standard InChI is InChI=1S/C15H18ClNS2/c1-4-17-14(13-9-10(2)15(16)19-13)11-7-5-6-8-12(11)18-3/h5-9,14,17H,4H2,1-3H3. The first-order chi connectivity index (χ1) is 9.17. The van der Waals surface area contributed by atoms with Crippen LogP contribution in [0.1, 0.15) is 29.0 Å². The average molecular weight is 312 g/mol. The van der Waals surface area contributed by atoms with Crippen LogP contribution in [0.3, 0.4) is 0 Å². The van der Waals surface area contributed by atoms with Gasteiger partial charge in [-0.05, 0) is 43.0 Å². The van der Waals surface area contributed by atoms with E-state index >= 15 is 0 Å². The molecule has 0 aliphatic rings. The minimum atomic E-state index is 0.227. The molecule has 1 aromatic heterocycles. The predicted octanol–water partition coefficient (Wildman–Crippen LogP) is 5.13. The molecule has 0 bridgehead atoms. The molecular weight excluding hydrogens is 294 g/mol. The van der Waals surface area contributed by atoms with E-state index in [1.807, 2.05) is 0 Å². The number of thioether (sulfide) groups is 1. The Morgan fingerprint density at radius 1 is 1.37 bits per heavy atom. The first-order valence-corrected chi connectivity index (χ1v) is 8.71. The second-order valence-corrected chi connectivity index (χ2v) is 6.87. The van der Waals surface area contributed by atoms with Crippen LogP contribution in [0.25, 0.3) is 0 Å². The minimum absolute atomic E-state index is 0.227. The quantitative estimate of drug-likeness (QED) is 0.768. The van der Waals surface area contributed by atoms with Gasteiger partial charge in [-0.15, -0.1) is 23.1 Å². The molecule has 0 fully saturated rings. The Kier molecular flexibility index (Phi) is 5.34. The summed E-state index contributed by atoms with van der Waals surface area (Å²) in [4.78, 5) is 2.60. The van der Waals surface area contributed by atoms with Crippen molar-refractivity contribution in [2.24, 2.45) is 0 Å². The second-order valence-electron chi connectivity index (χ2n) is 4.34. The first kappa shape index (κ1) is 14.9. The molecule has 4 heteroatoms. The van der Waals surface area contributed by atoms with Gasteiger partial charge < -0.3 is 5.32 Å². The predicted molar refractivity (Wildman–Crippen MR) is 87.8 cm³/mol. The summed E-state index contributed by atoms with van der Waals surface area (Å²) in [6.45, 7) is 5.13. The summed E-state index contributed by atoms with van der Waals surface area (Å²) in [5.74, 6) is 0. The van der Waals surface area contributed by atoms with Crippen molar-refractivity contribution in [3.63, 3.8) is 0 Å². The zero-order chi connectivity index (χ0) is 13.8. The number of benzene rings is 1. The number of halogens is 1. The fraction of sp³-hybridized carbons (Fsp3) is 0.333. The van der Waals surface area contributed by atoms with E-state index in [2.05, 4.69) is 55.8 Å². The maximum absolute atomic E-state index is 6.22. The molecule has 0 aliphatic heterocycles. The zero-order valence-electron chi connectivity index (χ0n) is 11.4. The van der Waals surface area contributed by atoms with Crippen molar-refractivity contribution in [1.82, 2.24) is 5.32 Å². The van der Waals surface area contributed by atoms with Crippen molar-refractivity contribution in [2.45, 2.75) is 24.8 Å². The molecule has 0 amide bonds. The van der Waals surface area contributed by atoms with Gasteiger partial charge in [0, 0.05) is 9.77 Å². The number of thiophene rings is 1. The molecule has 2 aromatic rings. The van der Waals surface area contributed by atoms with Gasteiger partial charge in [-0.2, -0.15) is 0 Å². The fourth-order valence-corrected chi connectivity index (χ4v) is 4.05. The third-order valence-corrected chi connectivity index (χ3v) is 5.45. The van der Waals surface area contributed by atoms with E-state index in [-0.39, 0.29) is 6.04 Å². The van der Waals surface area contributed by atoms with Gasteiger partial charge in [0.25, 0.3) is 0 Å². The number of rotatable bonds is 5. The normalized spacial score (nSPS) is 12.6. The highest BCUT2D eigenvalue weighted by Crippen LogP contribution is 2.36. The molecule has 2 rings (SSSR count). The van der Waals surface area contributed by atoms with Crippen LogP contribution in [0.2, 0.25) is 4.34 Å². The first-order valence-electron chi connectivity index (χ1n) is 6.29. The summed E-state index contributed by atoms with van der Waals surface area (Å²) in [6, 6.07) is 11.0. The van der Waals surface area contributed by atoms with Gasteiger partial charge in [-0.1, -0.05) is 36.7 Å². The van der Waals surface area contributed by atoms with E-state index in [1.54, 1.807) is 23.1 Å². The lowest BCUT2D eigenvalue weighted by Crippen LogP contribution is -2.21. The van der Waals surface area contributed by atoms with Crippen LogP contribution in [0.15, 0.2) is 35.2 Å². The van der Waals surface area contributed by atoms with Crippen LogP contribution in [-0.2, 0) is 0 Å². The van der Waals surface area contributed by atoms with Crippen molar-refractivity contribution >= 4 is 34.7 Å². The zero-order valence-corrected chi connectivity index (χ0v) is 13.8. The van der Waals surface area contributed by atoms with E-state index in [9.17, 15) is 0 Å². The average Bonchev–Trinajstić information content (AvgIpc) is 2.76. The molecule has 0 spiro atoms. The summed E-state index contributed by atoms with van der Waals surface area (Å²) in [5, 5.41) is 3.57. The largest absolute Gasteiger partial charge is 0.306 e. The molecule has 1 nitrogen and oxygen atoms in total. The maximum atomic E-state index is 6.22.